The first-order chi connectivity index (χ1) is 5.46. The summed E-state index contributed by atoms with van der Waals surface area (Å²) in [4.78, 5) is 0. The van der Waals surface area contributed by atoms with Gasteiger partial charge in [-0.2, -0.15) is 0 Å². The summed E-state index contributed by atoms with van der Waals surface area (Å²) in [5.74, 6) is -0.363. The number of benzene rings is 1. The molecule has 1 N–H and O–H groups in total. The maximum absolute atomic E-state index is 9.20. The molecular formula is C6HAgCl5O. The zero-order chi connectivity index (χ0) is 9.46. The van der Waals surface area contributed by atoms with Crippen LogP contribution in [-0.2, 0) is 22.4 Å². The van der Waals surface area contributed by atoms with E-state index in [1.807, 2.05) is 0 Å². The molecule has 0 saturated heterocycles. The largest absolute Gasteiger partial charge is 0.505 e. The fourth-order valence-electron chi connectivity index (χ4n) is 0.593. The summed E-state index contributed by atoms with van der Waals surface area (Å²) < 4.78 is 0. The normalized spacial score (nSPS) is 9.62. The summed E-state index contributed by atoms with van der Waals surface area (Å²) in [5, 5.41) is 9.01. The molecule has 1 aromatic rings. The van der Waals surface area contributed by atoms with Gasteiger partial charge in [-0.3, -0.25) is 0 Å². The minimum absolute atomic E-state index is 0. The molecular weight excluding hydrogens is 373 g/mol. The van der Waals surface area contributed by atoms with Gasteiger partial charge in [0.1, 0.15) is 10.0 Å². The molecule has 0 saturated carbocycles. The van der Waals surface area contributed by atoms with Gasteiger partial charge in [0, 0.05) is 22.4 Å². The Bertz CT molecular complexity index is 235. The summed E-state index contributed by atoms with van der Waals surface area (Å²) in [6, 6.07) is 0. The predicted molar refractivity (Wildman–Crippen MR) is 53.2 cm³/mol. The Balaban J connectivity index is 0.00000144. The van der Waals surface area contributed by atoms with E-state index in [1.54, 1.807) is 0 Å². The van der Waals surface area contributed by atoms with Crippen LogP contribution in [0.4, 0.5) is 0 Å². The third kappa shape index (κ3) is 2.61. The fraction of sp³-hybridized carbons (Fsp3) is 0. The van der Waals surface area contributed by atoms with Gasteiger partial charge >= 0.3 is 0 Å². The summed E-state index contributed by atoms with van der Waals surface area (Å²) in [7, 11) is 0. The van der Waals surface area contributed by atoms with Crippen molar-refractivity contribution in [1.82, 2.24) is 0 Å². The molecule has 0 aliphatic heterocycles. The van der Waals surface area contributed by atoms with Crippen molar-refractivity contribution < 1.29 is 27.5 Å². The van der Waals surface area contributed by atoms with Gasteiger partial charge in [-0.15, -0.1) is 0 Å². The maximum atomic E-state index is 9.20. The Morgan fingerprint density at radius 1 is 0.615 bits per heavy atom. The molecule has 1 aromatic carbocycles. The smallest absolute Gasteiger partial charge is 0.155 e. The van der Waals surface area contributed by atoms with Crippen LogP contribution in [0.2, 0.25) is 25.1 Å². The van der Waals surface area contributed by atoms with Gasteiger partial charge in [-0.05, 0) is 0 Å². The Morgan fingerprint density at radius 2 is 0.846 bits per heavy atom. The van der Waals surface area contributed by atoms with E-state index < -0.39 is 0 Å². The summed E-state index contributed by atoms with van der Waals surface area (Å²) in [6.07, 6.45) is 0. The zero-order valence-electron chi connectivity index (χ0n) is 5.64. The quantitative estimate of drug-likeness (QED) is 0.398. The average Bonchev–Trinajstić information content (AvgIpc) is 2.08. The molecule has 1 nitrogen and oxygen atoms in total. The van der Waals surface area contributed by atoms with Gasteiger partial charge in [0.15, 0.2) is 5.75 Å². The minimum Gasteiger partial charge on any atom is -0.505 e. The average molecular weight is 374 g/mol. The van der Waals surface area contributed by atoms with Crippen molar-refractivity contribution in [2.45, 2.75) is 0 Å². The van der Waals surface area contributed by atoms with Crippen molar-refractivity contribution in [2.24, 2.45) is 0 Å². The van der Waals surface area contributed by atoms with Crippen LogP contribution in [0.15, 0.2) is 0 Å². The van der Waals surface area contributed by atoms with Crippen molar-refractivity contribution >= 4 is 58.0 Å². The number of phenolic OH excluding ortho intramolecular Hbond substituents is 1. The van der Waals surface area contributed by atoms with Crippen molar-refractivity contribution in [1.29, 1.82) is 0 Å². The third-order valence-electron chi connectivity index (χ3n) is 1.19. The van der Waals surface area contributed by atoms with Gasteiger partial charge in [0.05, 0.1) is 15.1 Å². The van der Waals surface area contributed by atoms with Gasteiger partial charge in [-0.1, -0.05) is 58.0 Å². The van der Waals surface area contributed by atoms with Crippen molar-refractivity contribution in [3.63, 3.8) is 0 Å². The van der Waals surface area contributed by atoms with E-state index in [-0.39, 0.29) is 53.2 Å². The number of hydrogen-bond acceptors (Lipinski definition) is 1. The molecule has 0 aliphatic rings. The molecule has 1 rings (SSSR count). The molecule has 0 atom stereocenters. The van der Waals surface area contributed by atoms with Gasteiger partial charge in [0.2, 0.25) is 0 Å². The van der Waals surface area contributed by atoms with Crippen molar-refractivity contribution in [3.8, 4) is 5.75 Å². The minimum atomic E-state index is -0.363. The maximum Gasteiger partial charge on any atom is 0.155 e. The number of halogens is 5. The van der Waals surface area contributed by atoms with Crippen LogP contribution < -0.4 is 0 Å². The Hall–Kier alpha value is 1.21. The molecule has 77 valence electrons. The van der Waals surface area contributed by atoms with Gasteiger partial charge in [0.25, 0.3) is 0 Å². The predicted octanol–water partition coefficient (Wildman–Crippen LogP) is 4.66. The molecule has 0 fully saturated rings. The summed E-state index contributed by atoms with van der Waals surface area (Å²) in [6.45, 7) is 0. The zero-order valence-corrected chi connectivity index (χ0v) is 10.9. The van der Waals surface area contributed by atoms with E-state index in [1.165, 1.54) is 0 Å². The van der Waals surface area contributed by atoms with E-state index in [4.69, 9.17) is 58.0 Å². The molecule has 0 bridgehead atoms. The molecule has 13 heavy (non-hydrogen) atoms. The first-order valence-corrected chi connectivity index (χ1v) is 4.56. The Kier molecular flexibility index (Phi) is 5.83. The number of phenols is 1. The monoisotopic (exact) mass is 371 g/mol. The van der Waals surface area contributed by atoms with Gasteiger partial charge in [-0.25, -0.2) is 0 Å². The first-order valence-electron chi connectivity index (χ1n) is 2.67. The standard InChI is InChI=1S/C6HCl5O.Ag/c7-1-2(8)4(10)6(12)5(11)3(1)9;/h12H;. The van der Waals surface area contributed by atoms with Crippen molar-refractivity contribution in [3.05, 3.63) is 25.1 Å². The molecule has 1 radical (unpaired) electrons. The van der Waals surface area contributed by atoms with Crippen molar-refractivity contribution in [2.75, 3.05) is 0 Å². The van der Waals surface area contributed by atoms with Crippen LogP contribution in [-0.4, -0.2) is 5.11 Å². The number of rotatable bonds is 0. The molecule has 0 unspecified atom stereocenters. The van der Waals surface area contributed by atoms with E-state index in [9.17, 15) is 5.11 Å². The molecule has 0 amide bonds. The Labute approximate surface area is 115 Å². The first kappa shape index (κ1) is 14.2. The molecule has 0 spiro atoms. The van der Waals surface area contributed by atoms with Crippen LogP contribution >= 0.6 is 58.0 Å². The topological polar surface area (TPSA) is 20.2 Å². The van der Waals surface area contributed by atoms with Gasteiger partial charge < -0.3 is 5.11 Å². The second-order valence-electron chi connectivity index (χ2n) is 1.92. The summed E-state index contributed by atoms with van der Waals surface area (Å²) >= 11 is 27.9. The van der Waals surface area contributed by atoms with Crippen LogP contribution in [0.25, 0.3) is 0 Å². The Morgan fingerprint density at radius 3 is 1.15 bits per heavy atom. The van der Waals surface area contributed by atoms with E-state index in [2.05, 4.69) is 0 Å². The van der Waals surface area contributed by atoms with Crippen LogP contribution in [0.5, 0.6) is 5.75 Å². The van der Waals surface area contributed by atoms with E-state index >= 15 is 0 Å². The molecule has 0 aliphatic carbocycles. The van der Waals surface area contributed by atoms with E-state index in [0.29, 0.717) is 0 Å². The van der Waals surface area contributed by atoms with Crippen LogP contribution in [0.3, 0.4) is 0 Å². The number of hydrogen-bond donors (Lipinski definition) is 1. The van der Waals surface area contributed by atoms with Crippen LogP contribution in [0.1, 0.15) is 0 Å². The molecule has 7 heteroatoms. The van der Waals surface area contributed by atoms with E-state index in [0.717, 1.165) is 0 Å². The summed E-state index contributed by atoms with van der Waals surface area (Å²) in [5.41, 5.74) is 0. The SMILES string of the molecule is Oc1c(Cl)c(Cl)c(Cl)c(Cl)c1Cl.[Ag]. The second kappa shape index (κ2) is 5.34. The van der Waals surface area contributed by atoms with Crippen LogP contribution in [0, 0.1) is 0 Å². The molecule has 0 heterocycles. The third-order valence-corrected chi connectivity index (χ3v) is 3.44. The second-order valence-corrected chi connectivity index (χ2v) is 3.81. The fourth-order valence-corrected chi connectivity index (χ4v) is 1.72. The molecule has 0 aromatic heterocycles. The number of aromatic hydroxyl groups is 1.